The molecule has 0 aliphatic carbocycles. The molecule has 0 saturated carbocycles. The summed E-state index contributed by atoms with van der Waals surface area (Å²) < 4.78 is 5.33. The zero-order valence-corrected chi connectivity index (χ0v) is 12.3. The van der Waals surface area contributed by atoms with Gasteiger partial charge in [0.15, 0.2) is 6.61 Å². The first-order valence-corrected chi connectivity index (χ1v) is 6.95. The van der Waals surface area contributed by atoms with Crippen LogP contribution in [0.15, 0.2) is 48.5 Å². The Labute approximate surface area is 132 Å². The van der Waals surface area contributed by atoms with Crippen molar-refractivity contribution in [2.75, 3.05) is 6.61 Å². The summed E-state index contributed by atoms with van der Waals surface area (Å²) in [6.45, 7) is 1.43. The van der Waals surface area contributed by atoms with Crippen molar-refractivity contribution in [3.05, 3.63) is 65.2 Å². The van der Waals surface area contributed by atoms with Crippen LogP contribution in [-0.4, -0.2) is 29.5 Å². The van der Waals surface area contributed by atoms with E-state index in [2.05, 4.69) is 0 Å². The average Bonchev–Trinajstić information content (AvgIpc) is 2.80. The SMILES string of the molecule is Cc1ccccc1OCC(=O)ON1C(=O)c2ccccc2C1=O. The molecule has 3 rings (SSSR count). The number of rotatable bonds is 4. The third-order valence-corrected chi connectivity index (χ3v) is 3.39. The van der Waals surface area contributed by atoms with Crippen molar-refractivity contribution in [1.82, 2.24) is 5.06 Å². The normalized spacial score (nSPS) is 13.0. The number of amides is 2. The van der Waals surface area contributed by atoms with E-state index in [0.717, 1.165) is 5.56 Å². The number of fused-ring (bicyclic) bond motifs is 1. The number of imide groups is 1. The first-order valence-electron chi connectivity index (χ1n) is 6.95. The van der Waals surface area contributed by atoms with Gasteiger partial charge < -0.3 is 9.57 Å². The quantitative estimate of drug-likeness (QED) is 0.809. The summed E-state index contributed by atoms with van der Waals surface area (Å²) in [5.74, 6) is -1.61. The third kappa shape index (κ3) is 2.78. The van der Waals surface area contributed by atoms with E-state index in [1.807, 2.05) is 19.1 Å². The number of hydrogen-bond donors (Lipinski definition) is 0. The van der Waals surface area contributed by atoms with E-state index in [4.69, 9.17) is 9.57 Å². The number of ether oxygens (including phenoxy) is 1. The third-order valence-electron chi connectivity index (χ3n) is 3.39. The second-order valence-electron chi connectivity index (χ2n) is 4.97. The van der Waals surface area contributed by atoms with Gasteiger partial charge in [0.05, 0.1) is 11.1 Å². The van der Waals surface area contributed by atoms with E-state index in [0.29, 0.717) is 10.8 Å². The minimum absolute atomic E-state index is 0.213. The van der Waals surface area contributed by atoms with Crippen molar-refractivity contribution in [2.45, 2.75) is 6.92 Å². The van der Waals surface area contributed by atoms with Crippen molar-refractivity contribution in [2.24, 2.45) is 0 Å². The molecule has 0 aromatic heterocycles. The molecule has 2 aromatic carbocycles. The second-order valence-corrected chi connectivity index (χ2v) is 4.97. The molecule has 0 fully saturated rings. The minimum atomic E-state index is -0.831. The van der Waals surface area contributed by atoms with Crippen LogP contribution >= 0.6 is 0 Å². The molecule has 2 amide bonds. The Kier molecular flexibility index (Phi) is 3.80. The van der Waals surface area contributed by atoms with Crippen LogP contribution < -0.4 is 4.74 Å². The Balaban J connectivity index is 1.64. The largest absolute Gasteiger partial charge is 0.482 e. The molecule has 1 aliphatic rings. The van der Waals surface area contributed by atoms with Gasteiger partial charge in [0.25, 0.3) is 11.8 Å². The molecule has 0 unspecified atom stereocenters. The lowest BCUT2D eigenvalue weighted by Crippen LogP contribution is -2.34. The summed E-state index contributed by atoms with van der Waals surface area (Å²) in [6.07, 6.45) is 0. The van der Waals surface area contributed by atoms with Gasteiger partial charge in [0.1, 0.15) is 5.75 Å². The predicted octanol–water partition coefficient (Wildman–Crippen LogP) is 2.13. The van der Waals surface area contributed by atoms with E-state index in [1.54, 1.807) is 24.3 Å². The summed E-state index contributed by atoms with van der Waals surface area (Å²) in [6, 6.07) is 13.5. The first-order chi connectivity index (χ1) is 11.1. The topological polar surface area (TPSA) is 72.9 Å². The van der Waals surface area contributed by atoms with Crippen molar-refractivity contribution >= 4 is 17.8 Å². The summed E-state index contributed by atoms with van der Waals surface area (Å²) >= 11 is 0. The highest BCUT2D eigenvalue weighted by Crippen LogP contribution is 2.23. The van der Waals surface area contributed by atoms with Crippen LogP contribution in [-0.2, 0) is 9.63 Å². The predicted molar refractivity (Wildman–Crippen MR) is 79.7 cm³/mol. The minimum Gasteiger partial charge on any atom is -0.482 e. The summed E-state index contributed by atoms with van der Waals surface area (Å²) in [5.41, 5.74) is 1.29. The van der Waals surface area contributed by atoms with Crippen LogP contribution in [0.5, 0.6) is 5.75 Å². The maximum Gasteiger partial charge on any atom is 0.370 e. The standard InChI is InChI=1S/C17H13NO5/c1-11-6-2-5-9-14(11)22-10-15(19)23-18-16(20)12-7-3-4-8-13(12)17(18)21/h2-9H,10H2,1H3. The lowest BCUT2D eigenvalue weighted by atomic mass is 10.1. The van der Waals surface area contributed by atoms with Crippen molar-refractivity contribution in [1.29, 1.82) is 0 Å². The van der Waals surface area contributed by atoms with Gasteiger partial charge in [-0.05, 0) is 30.7 Å². The van der Waals surface area contributed by atoms with Gasteiger partial charge >= 0.3 is 5.97 Å². The van der Waals surface area contributed by atoms with Gasteiger partial charge in [-0.3, -0.25) is 9.59 Å². The monoisotopic (exact) mass is 311 g/mol. The summed E-state index contributed by atoms with van der Waals surface area (Å²) in [5, 5.41) is 0.466. The molecule has 0 atom stereocenters. The lowest BCUT2D eigenvalue weighted by Gasteiger charge is -2.13. The van der Waals surface area contributed by atoms with Crippen LogP contribution in [0.25, 0.3) is 0 Å². The van der Waals surface area contributed by atoms with Gasteiger partial charge in [-0.15, -0.1) is 0 Å². The van der Waals surface area contributed by atoms with Gasteiger partial charge in [-0.25, -0.2) is 4.79 Å². The van der Waals surface area contributed by atoms with Crippen molar-refractivity contribution in [3.63, 3.8) is 0 Å². The number of para-hydroxylation sites is 1. The van der Waals surface area contributed by atoms with Crippen LogP contribution in [0.1, 0.15) is 26.3 Å². The molecular weight excluding hydrogens is 298 g/mol. The zero-order chi connectivity index (χ0) is 16.4. The van der Waals surface area contributed by atoms with Crippen LogP contribution in [0.4, 0.5) is 0 Å². The fraction of sp³-hybridized carbons (Fsp3) is 0.118. The van der Waals surface area contributed by atoms with E-state index >= 15 is 0 Å². The molecule has 0 bridgehead atoms. The zero-order valence-electron chi connectivity index (χ0n) is 12.3. The fourth-order valence-electron chi connectivity index (χ4n) is 2.23. The maximum atomic E-state index is 12.1. The van der Waals surface area contributed by atoms with E-state index in [-0.39, 0.29) is 11.1 Å². The summed E-state index contributed by atoms with van der Waals surface area (Å²) in [4.78, 5) is 40.8. The summed E-state index contributed by atoms with van der Waals surface area (Å²) in [7, 11) is 0. The molecule has 6 heteroatoms. The van der Waals surface area contributed by atoms with Gasteiger partial charge in [0, 0.05) is 0 Å². The molecule has 0 spiro atoms. The fourth-order valence-corrected chi connectivity index (χ4v) is 2.23. The van der Waals surface area contributed by atoms with E-state index in [1.165, 1.54) is 12.1 Å². The van der Waals surface area contributed by atoms with Gasteiger partial charge in [-0.1, -0.05) is 35.4 Å². The van der Waals surface area contributed by atoms with Gasteiger partial charge in [-0.2, -0.15) is 0 Å². The molecule has 0 N–H and O–H groups in total. The number of hydroxylamine groups is 2. The Morgan fingerprint density at radius 1 is 0.957 bits per heavy atom. The highest BCUT2D eigenvalue weighted by atomic mass is 16.7. The second kappa shape index (κ2) is 5.92. The van der Waals surface area contributed by atoms with Crippen LogP contribution in [0.2, 0.25) is 0 Å². The lowest BCUT2D eigenvalue weighted by molar-refractivity contribution is -0.170. The first kappa shape index (κ1) is 14.8. The molecule has 0 saturated heterocycles. The molecule has 2 aromatic rings. The number of carbonyl (C=O) groups is 3. The molecule has 116 valence electrons. The molecule has 0 radical (unpaired) electrons. The number of nitrogens with zero attached hydrogens (tertiary/aromatic N) is 1. The Morgan fingerprint density at radius 3 is 2.13 bits per heavy atom. The Morgan fingerprint density at radius 2 is 1.52 bits per heavy atom. The van der Waals surface area contributed by atoms with Crippen molar-refractivity contribution < 1.29 is 24.0 Å². The van der Waals surface area contributed by atoms with Gasteiger partial charge in [0.2, 0.25) is 0 Å². The van der Waals surface area contributed by atoms with Crippen molar-refractivity contribution in [3.8, 4) is 5.75 Å². The molecular formula is C17H13NO5. The molecule has 23 heavy (non-hydrogen) atoms. The maximum absolute atomic E-state index is 12.1. The molecule has 1 heterocycles. The van der Waals surface area contributed by atoms with Crippen LogP contribution in [0, 0.1) is 6.92 Å². The molecule has 6 nitrogen and oxygen atoms in total. The smallest absolute Gasteiger partial charge is 0.370 e. The van der Waals surface area contributed by atoms with Crippen LogP contribution in [0.3, 0.4) is 0 Å². The highest BCUT2D eigenvalue weighted by molar-refractivity contribution is 6.20. The number of aryl methyl sites for hydroxylation is 1. The Bertz CT molecular complexity index is 764. The molecule has 1 aliphatic heterocycles. The Hall–Kier alpha value is -3.15. The van der Waals surface area contributed by atoms with E-state index in [9.17, 15) is 14.4 Å². The highest BCUT2D eigenvalue weighted by Gasteiger charge is 2.38. The van der Waals surface area contributed by atoms with E-state index < -0.39 is 24.4 Å². The number of carbonyl (C=O) groups excluding carboxylic acids is 3. The number of benzene rings is 2. The number of hydrogen-bond acceptors (Lipinski definition) is 5. The average molecular weight is 311 g/mol.